The summed E-state index contributed by atoms with van der Waals surface area (Å²) in [6.45, 7) is 3.40. The second-order valence-corrected chi connectivity index (χ2v) is 7.51. The molecule has 0 radical (unpaired) electrons. The Hall–Kier alpha value is -2.60. The Balaban J connectivity index is 2.01. The van der Waals surface area contributed by atoms with Gasteiger partial charge >= 0.3 is 5.97 Å². The predicted octanol–water partition coefficient (Wildman–Crippen LogP) is 3.58. The molecule has 0 saturated heterocycles. The van der Waals surface area contributed by atoms with Gasteiger partial charge in [-0.2, -0.15) is 11.8 Å². The van der Waals surface area contributed by atoms with Crippen LogP contribution < -0.4 is 5.32 Å². The summed E-state index contributed by atoms with van der Waals surface area (Å²) in [6, 6.07) is 13.5. The zero-order valence-electron chi connectivity index (χ0n) is 16.4. The molecule has 0 aromatic heterocycles. The molecule has 0 saturated carbocycles. The van der Waals surface area contributed by atoms with E-state index in [1.54, 1.807) is 42.1 Å². The standard InChI is InChI=1S/C22H25NO4S/c1-15-9-10-16(2)18(13-15)20(24)14-27-22(26)19(11-12-28-3)23-21(25)17-7-5-4-6-8-17/h4-10,13,19H,11-12,14H2,1-3H3,(H,23,25). The van der Waals surface area contributed by atoms with Crippen LogP contribution in [0.2, 0.25) is 0 Å². The monoisotopic (exact) mass is 399 g/mol. The maximum absolute atomic E-state index is 12.5. The van der Waals surface area contributed by atoms with E-state index >= 15 is 0 Å². The summed E-state index contributed by atoms with van der Waals surface area (Å²) in [7, 11) is 0. The number of hydrogen-bond acceptors (Lipinski definition) is 5. The van der Waals surface area contributed by atoms with E-state index in [1.807, 2.05) is 38.3 Å². The lowest BCUT2D eigenvalue weighted by Crippen LogP contribution is -2.42. The Labute approximate surface area is 169 Å². The summed E-state index contributed by atoms with van der Waals surface area (Å²) in [4.78, 5) is 37.3. The molecule has 148 valence electrons. The number of thioether (sulfide) groups is 1. The molecule has 1 N–H and O–H groups in total. The molecule has 0 fully saturated rings. The van der Waals surface area contributed by atoms with E-state index in [2.05, 4.69) is 5.32 Å². The maximum Gasteiger partial charge on any atom is 0.329 e. The third-order valence-corrected chi connectivity index (χ3v) is 4.92. The van der Waals surface area contributed by atoms with Crippen LogP contribution in [0.1, 0.15) is 38.3 Å². The minimum atomic E-state index is -0.799. The summed E-state index contributed by atoms with van der Waals surface area (Å²) in [5, 5.41) is 2.71. The molecule has 2 rings (SSSR count). The molecule has 6 heteroatoms. The Morgan fingerprint density at radius 3 is 2.46 bits per heavy atom. The van der Waals surface area contributed by atoms with E-state index in [4.69, 9.17) is 4.74 Å². The number of amides is 1. The van der Waals surface area contributed by atoms with E-state index in [9.17, 15) is 14.4 Å². The Morgan fingerprint density at radius 1 is 1.07 bits per heavy atom. The molecular weight excluding hydrogens is 374 g/mol. The number of carbonyl (C=O) groups is 3. The fourth-order valence-electron chi connectivity index (χ4n) is 2.67. The normalized spacial score (nSPS) is 11.5. The van der Waals surface area contributed by atoms with Gasteiger partial charge in [-0.3, -0.25) is 9.59 Å². The third kappa shape index (κ3) is 6.23. The van der Waals surface area contributed by atoms with Crippen LogP contribution in [0.3, 0.4) is 0 Å². The van der Waals surface area contributed by atoms with Gasteiger partial charge in [0.2, 0.25) is 5.78 Å². The van der Waals surface area contributed by atoms with Gasteiger partial charge < -0.3 is 10.1 Å². The van der Waals surface area contributed by atoms with Crippen molar-refractivity contribution >= 4 is 29.4 Å². The van der Waals surface area contributed by atoms with Crippen molar-refractivity contribution in [2.75, 3.05) is 18.6 Å². The van der Waals surface area contributed by atoms with Gasteiger partial charge in [-0.25, -0.2) is 4.79 Å². The number of benzene rings is 2. The van der Waals surface area contributed by atoms with E-state index in [0.29, 0.717) is 23.3 Å². The number of esters is 1. The Kier molecular flexibility index (Phi) is 8.26. The lowest BCUT2D eigenvalue weighted by Gasteiger charge is -2.17. The highest BCUT2D eigenvalue weighted by Crippen LogP contribution is 2.12. The minimum Gasteiger partial charge on any atom is -0.456 e. The van der Waals surface area contributed by atoms with Crippen molar-refractivity contribution in [2.45, 2.75) is 26.3 Å². The number of rotatable bonds is 9. The van der Waals surface area contributed by atoms with Crippen LogP contribution >= 0.6 is 11.8 Å². The van der Waals surface area contributed by atoms with Crippen molar-refractivity contribution in [3.05, 3.63) is 70.8 Å². The fourth-order valence-corrected chi connectivity index (χ4v) is 3.14. The van der Waals surface area contributed by atoms with Crippen LogP contribution in [0, 0.1) is 13.8 Å². The molecule has 1 amide bonds. The van der Waals surface area contributed by atoms with Gasteiger partial charge in [-0.05, 0) is 56.0 Å². The molecule has 5 nitrogen and oxygen atoms in total. The van der Waals surface area contributed by atoms with Gasteiger partial charge in [0, 0.05) is 11.1 Å². The van der Waals surface area contributed by atoms with Crippen molar-refractivity contribution in [2.24, 2.45) is 0 Å². The number of ketones is 1. The Morgan fingerprint density at radius 2 is 1.79 bits per heavy atom. The highest BCUT2D eigenvalue weighted by Gasteiger charge is 2.23. The summed E-state index contributed by atoms with van der Waals surface area (Å²) in [6.07, 6.45) is 2.35. The fraction of sp³-hybridized carbons (Fsp3) is 0.318. The van der Waals surface area contributed by atoms with Gasteiger partial charge in [-0.1, -0.05) is 35.9 Å². The van der Waals surface area contributed by atoms with Gasteiger partial charge in [0.15, 0.2) is 6.61 Å². The van der Waals surface area contributed by atoms with Crippen LogP contribution in [-0.4, -0.2) is 42.3 Å². The first-order chi connectivity index (χ1) is 13.4. The van der Waals surface area contributed by atoms with Crippen molar-refractivity contribution in [3.63, 3.8) is 0 Å². The van der Waals surface area contributed by atoms with Gasteiger partial charge in [0.05, 0.1) is 0 Å². The molecule has 0 aliphatic rings. The second-order valence-electron chi connectivity index (χ2n) is 6.52. The molecule has 0 aliphatic carbocycles. The second kappa shape index (κ2) is 10.7. The first-order valence-electron chi connectivity index (χ1n) is 9.04. The third-order valence-electron chi connectivity index (χ3n) is 4.28. The Bertz CT molecular complexity index is 836. The van der Waals surface area contributed by atoms with Crippen LogP contribution in [0.15, 0.2) is 48.5 Å². The van der Waals surface area contributed by atoms with E-state index < -0.39 is 12.0 Å². The zero-order chi connectivity index (χ0) is 20.5. The molecular formula is C22H25NO4S. The first kappa shape index (κ1) is 21.7. The molecule has 1 unspecified atom stereocenters. The number of hydrogen-bond donors (Lipinski definition) is 1. The number of ether oxygens (including phenoxy) is 1. The quantitative estimate of drug-likeness (QED) is 0.515. The number of nitrogens with one attached hydrogen (secondary N) is 1. The smallest absolute Gasteiger partial charge is 0.329 e. The van der Waals surface area contributed by atoms with E-state index in [-0.39, 0.29) is 18.3 Å². The average molecular weight is 400 g/mol. The van der Waals surface area contributed by atoms with E-state index in [1.165, 1.54) is 0 Å². The number of Topliss-reactive ketones (excluding diaryl/α,β-unsaturated/α-hetero) is 1. The summed E-state index contributed by atoms with van der Waals surface area (Å²) in [5.74, 6) is -0.520. The number of aryl methyl sites for hydroxylation is 2. The van der Waals surface area contributed by atoms with Gasteiger partial charge in [0.25, 0.3) is 5.91 Å². The molecule has 1 atom stereocenters. The van der Waals surface area contributed by atoms with Crippen LogP contribution in [0.25, 0.3) is 0 Å². The molecule has 0 heterocycles. The summed E-state index contributed by atoms with van der Waals surface area (Å²) < 4.78 is 5.24. The lowest BCUT2D eigenvalue weighted by atomic mass is 10.0. The number of carbonyl (C=O) groups excluding carboxylic acids is 3. The van der Waals surface area contributed by atoms with Crippen molar-refractivity contribution in [1.29, 1.82) is 0 Å². The molecule has 0 aliphatic heterocycles. The molecule has 2 aromatic rings. The van der Waals surface area contributed by atoms with Crippen LogP contribution in [0.4, 0.5) is 0 Å². The largest absolute Gasteiger partial charge is 0.456 e. The van der Waals surface area contributed by atoms with Crippen LogP contribution in [-0.2, 0) is 9.53 Å². The first-order valence-corrected chi connectivity index (χ1v) is 10.4. The lowest BCUT2D eigenvalue weighted by molar-refractivity contribution is -0.144. The SMILES string of the molecule is CSCCC(NC(=O)c1ccccc1)C(=O)OCC(=O)c1cc(C)ccc1C. The van der Waals surface area contributed by atoms with Crippen molar-refractivity contribution in [1.82, 2.24) is 5.32 Å². The zero-order valence-corrected chi connectivity index (χ0v) is 17.2. The van der Waals surface area contributed by atoms with Gasteiger partial charge in [0.1, 0.15) is 6.04 Å². The molecule has 2 aromatic carbocycles. The predicted molar refractivity (Wildman–Crippen MR) is 112 cm³/mol. The topological polar surface area (TPSA) is 72.5 Å². The van der Waals surface area contributed by atoms with Crippen molar-refractivity contribution < 1.29 is 19.1 Å². The average Bonchev–Trinajstić information content (AvgIpc) is 2.71. The summed E-state index contributed by atoms with van der Waals surface area (Å²) >= 11 is 1.57. The molecule has 28 heavy (non-hydrogen) atoms. The summed E-state index contributed by atoms with van der Waals surface area (Å²) in [5.41, 5.74) is 2.81. The van der Waals surface area contributed by atoms with E-state index in [0.717, 1.165) is 11.1 Å². The van der Waals surface area contributed by atoms with Gasteiger partial charge in [-0.15, -0.1) is 0 Å². The van der Waals surface area contributed by atoms with Crippen molar-refractivity contribution in [3.8, 4) is 0 Å². The highest BCUT2D eigenvalue weighted by atomic mass is 32.2. The maximum atomic E-state index is 12.5. The molecule has 0 bridgehead atoms. The minimum absolute atomic E-state index is 0.257. The highest BCUT2D eigenvalue weighted by molar-refractivity contribution is 7.98. The van der Waals surface area contributed by atoms with Crippen LogP contribution in [0.5, 0.6) is 0 Å². The molecule has 0 spiro atoms.